The number of guanidine groups is 1. The molecule has 1 aliphatic heterocycles. The summed E-state index contributed by atoms with van der Waals surface area (Å²) < 4.78 is 5.58. The zero-order valence-electron chi connectivity index (χ0n) is 17.2. The first-order valence-corrected chi connectivity index (χ1v) is 10.6. The van der Waals surface area contributed by atoms with E-state index < -0.39 is 0 Å². The number of aromatic nitrogens is 1. The Balaban J connectivity index is 1.63. The molecule has 0 aliphatic carbocycles. The monoisotopic (exact) mass is 415 g/mol. The van der Waals surface area contributed by atoms with Gasteiger partial charge < -0.3 is 20.3 Å². The summed E-state index contributed by atoms with van der Waals surface area (Å²) in [6.45, 7) is 8.61. The first-order valence-electron chi connectivity index (χ1n) is 10.3. The maximum atomic E-state index is 6.31. The lowest BCUT2D eigenvalue weighted by molar-refractivity contribution is 0.133. The average molecular weight is 416 g/mol. The van der Waals surface area contributed by atoms with Gasteiger partial charge in [0, 0.05) is 38.5 Å². The van der Waals surface area contributed by atoms with Crippen LogP contribution < -0.4 is 15.5 Å². The molecular formula is C22H30ClN5O. The third-order valence-corrected chi connectivity index (χ3v) is 5.19. The summed E-state index contributed by atoms with van der Waals surface area (Å²) in [5.74, 6) is 1.68. The van der Waals surface area contributed by atoms with Crippen LogP contribution in [0.3, 0.4) is 0 Å². The fourth-order valence-corrected chi connectivity index (χ4v) is 3.66. The average Bonchev–Trinajstić information content (AvgIpc) is 3.20. The van der Waals surface area contributed by atoms with Crippen LogP contribution in [0, 0.1) is 0 Å². The molecule has 7 heteroatoms. The van der Waals surface area contributed by atoms with Crippen molar-refractivity contribution in [2.75, 3.05) is 31.1 Å². The molecule has 1 atom stereocenters. The van der Waals surface area contributed by atoms with Gasteiger partial charge in [0.05, 0.1) is 18.2 Å². The van der Waals surface area contributed by atoms with Gasteiger partial charge in [0.25, 0.3) is 0 Å². The van der Waals surface area contributed by atoms with Crippen LogP contribution >= 0.6 is 11.6 Å². The summed E-state index contributed by atoms with van der Waals surface area (Å²) in [5, 5.41) is 7.61. The minimum absolute atomic E-state index is 0.296. The minimum atomic E-state index is 0.296. The molecule has 156 valence electrons. The molecule has 1 saturated heterocycles. The summed E-state index contributed by atoms with van der Waals surface area (Å²) in [7, 11) is 0. The Labute approximate surface area is 178 Å². The second-order valence-corrected chi connectivity index (χ2v) is 7.39. The second kappa shape index (κ2) is 11.0. The van der Waals surface area contributed by atoms with Crippen LogP contribution in [0.4, 0.5) is 5.82 Å². The first-order chi connectivity index (χ1) is 14.2. The van der Waals surface area contributed by atoms with E-state index in [-0.39, 0.29) is 0 Å². The van der Waals surface area contributed by atoms with Crippen molar-refractivity contribution in [3.8, 4) is 0 Å². The number of hydrogen-bond donors (Lipinski definition) is 2. The molecule has 0 amide bonds. The number of ether oxygens (including phenoxy) is 1. The molecule has 1 fully saturated rings. The Morgan fingerprint density at radius 1 is 1.24 bits per heavy atom. The van der Waals surface area contributed by atoms with Crippen molar-refractivity contribution in [3.05, 3.63) is 58.7 Å². The highest BCUT2D eigenvalue weighted by atomic mass is 35.5. The van der Waals surface area contributed by atoms with E-state index in [1.54, 1.807) is 6.20 Å². The van der Waals surface area contributed by atoms with Gasteiger partial charge in [0.15, 0.2) is 5.96 Å². The lowest BCUT2D eigenvalue weighted by Gasteiger charge is -2.20. The highest BCUT2D eigenvalue weighted by Gasteiger charge is 2.25. The van der Waals surface area contributed by atoms with E-state index in [2.05, 4.69) is 39.6 Å². The number of nitrogens with zero attached hydrogens (tertiary/aromatic N) is 3. The van der Waals surface area contributed by atoms with E-state index >= 15 is 0 Å². The Morgan fingerprint density at radius 2 is 2.07 bits per heavy atom. The van der Waals surface area contributed by atoms with Crippen LogP contribution in [0.25, 0.3) is 0 Å². The molecule has 0 saturated carbocycles. The zero-order chi connectivity index (χ0) is 20.5. The largest absolute Gasteiger partial charge is 0.377 e. The topological polar surface area (TPSA) is 61.8 Å². The number of pyridine rings is 1. The predicted molar refractivity (Wildman–Crippen MR) is 120 cm³/mol. The number of nitrogens with one attached hydrogen (secondary N) is 2. The quantitative estimate of drug-likeness (QED) is 0.509. The van der Waals surface area contributed by atoms with Crippen molar-refractivity contribution in [1.82, 2.24) is 15.6 Å². The summed E-state index contributed by atoms with van der Waals surface area (Å²) >= 11 is 6.31. The molecule has 1 aromatic carbocycles. The predicted octanol–water partition coefficient (Wildman–Crippen LogP) is 3.61. The maximum absolute atomic E-state index is 6.31. The Bertz CT molecular complexity index is 813. The maximum Gasteiger partial charge on any atom is 0.191 e. The fraction of sp³-hybridized carbons (Fsp3) is 0.455. The molecular weight excluding hydrogens is 386 g/mol. The highest BCUT2D eigenvalue weighted by Crippen LogP contribution is 2.25. The van der Waals surface area contributed by atoms with Crippen LogP contribution in [0.15, 0.2) is 47.6 Å². The normalized spacial score (nSPS) is 16.9. The van der Waals surface area contributed by atoms with Gasteiger partial charge in [-0.3, -0.25) is 0 Å². The van der Waals surface area contributed by atoms with Gasteiger partial charge in [0.2, 0.25) is 0 Å². The first kappa shape index (κ1) is 21.4. The van der Waals surface area contributed by atoms with Crippen molar-refractivity contribution in [1.29, 1.82) is 0 Å². The van der Waals surface area contributed by atoms with E-state index in [0.29, 0.717) is 30.8 Å². The van der Waals surface area contributed by atoms with E-state index in [9.17, 15) is 0 Å². The van der Waals surface area contributed by atoms with E-state index in [1.165, 1.54) is 11.1 Å². The summed E-state index contributed by atoms with van der Waals surface area (Å²) in [5.41, 5.74) is 2.37. The molecule has 2 N–H and O–H groups in total. The molecule has 0 spiro atoms. The Morgan fingerprint density at radius 3 is 2.83 bits per heavy atom. The number of hydrogen-bond acceptors (Lipinski definition) is 4. The Hall–Kier alpha value is -2.31. The number of rotatable bonds is 8. The summed E-state index contributed by atoms with van der Waals surface area (Å²) in [6, 6.07) is 12.3. The molecule has 1 unspecified atom stereocenters. The van der Waals surface area contributed by atoms with Crippen LogP contribution in [0.5, 0.6) is 0 Å². The van der Waals surface area contributed by atoms with Crippen LogP contribution in [-0.2, 0) is 17.9 Å². The van der Waals surface area contributed by atoms with Crippen molar-refractivity contribution in [2.45, 2.75) is 39.5 Å². The molecule has 3 rings (SSSR count). The van der Waals surface area contributed by atoms with Gasteiger partial charge in [-0.25, -0.2) is 9.98 Å². The van der Waals surface area contributed by atoms with E-state index in [4.69, 9.17) is 21.3 Å². The van der Waals surface area contributed by atoms with Crippen LogP contribution in [-0.4, -0.2) is 43.2 Å². The van der Waals surface area contributed by atoms with Crippen LogP contribution in [0.2, 0.25) is 5.02 Å². The zero-order valence-corrected chi connectivity index (χ0v) is 18.0. The second-order valence-electron chi connectivity index (χ2n) is 6.99. The summed E-state index contributed by atoms with van der Waals surface area (Å²) in [6.07, 6.45) is 2.80. The van der Waals surface area contributed by atoms with Crippen molar-refractivity contribution < 1.29 is 4.74 Å². The highest BCUT2D eigenvalue weighted by molar-refractivity contribution is 6.32. The molecule has 1 aromatic heterocycles. The number of halogens is 1. The summed E-state index contributed by atoms with van der Waals surface area (Å²) in [4.78, 5) is 11.5. The number of benzene rings is 1. The SMILES string of the molecule is CCNC(=NCc1ccccc1COCC)NC1CCN(c2ncccc2Cl)C1. The van der Waals surface area contributed by atoms with Gasteiger partial charge >= 0.3 is 0 Å². The lowest BCUT2D eigenvalue weighted by atomic mass is 10.1. The molecule has 6 nitrogen and oxygen atoms in total. The van der Waals surface area contributed by atoms with Crippen molar-refractivity contribution in [3.63, 3.8) is 0 Å². The molecule has 2 heterocycles. The van der Waals surface area contributed by atoms with E-state index in [0.717, 1.165) is 37.8 Å². The van der Waals surface area contributed by atoms with E-state index in [1.807, 2.05) is 31.2 Å². The van der Waals surface area contributed by atoms with Gasteiger partial charge in [-0.15, -0.1) is 0 Å². The molecule has 1 aliphatic rings. The van der Waals surface area contributed by atoms with Gasteiger partial charge in [-0.2, -0.15) is 0 Å². The third kappa shape index (κ3) is 6.08. The smallest absolute Gasteiger partial charge is 0.191 e. The van der Waals surface area contributed by atoms with Crippen LogP contribution in [0.1, 0.15) is 31.4 Å². The minimum Gasteiger partial charge on any atom is -0.377 e. The van der Waals surface area contributed by atoms with Crippen molar-refractivity contribution >= 4 is 23.4 Å². The van der Waals surface area contributed by atoms with Crippen molar-refractivity contribution in [2.24, 2.45) is 4.99 Å². The van der Waals surface area contributed by atoms with Gasteiger partial charge in [0.1, 0.15) is 5.82 Å². The lowest BCUT2D eigenvalue weighted by Crippen LogP contribution is -2.44. The molecule has 0 radical (unpaired) electrons. The fourth-order valence-electron chi connectivity index (χ4n) is 3.42. The Kier molecular flexibility index (Phi) is 8.14. The van der Waals surface area contributed by atoms with Gasteiger partial charge in [-0.1, -0.05) is 35.9 Å². The third-order valence-electron chi connectivity index (χ3n) is 4.90. The molecule has 2 aromatic rings. The number of aliphatic imine (C=N–C) groups is 1. The molecule has 0 bridgehead atoms. The molecule has 29 heavy (non-hydrogen) atoms. The standard InChI is InChI=1S/C22H30ClN5O/c1-3-24-22(26-14-17-8-5-6-9-18(17)16-29-4-2)27-19-11-13-28(15-19)21-20(23)10-7-12-25-21/h5-10,12,19H,3-4,11,13-16H2,1-2H3,(H2,24,26,27). The van der Waals surface area contributed by atoms with Gasteiger partial charge in [-0.05, 0) is 43.5 Å². The number of anilines is 1.